The molecule has 0 bridgehead atoms. The number of hydrogen-bond acceptors (Lipinski definition) is 8. The average Bonchev–Trinajstić information content (AvgIpc) is 1.60. The Bertz CT molecular complexity index is 6710. The summed E-state index contributed by atoms with van der Waals surface area (Å²) in [6.45, 7) is 24.6. The normalized spacial score (nSPS) is 15.6. The number of nitrogens with one attached hydrogen (secondary N) is 2. The molecule has 0 amide bonds. The summed E-state index contributed by atoms with van der Waals surface area (Å²) in [5.41, 5.74) is 16.7. The van der Waals surface area contributed by atoms with E-state index in [9.17, 15) is 0 Å². The molecule has 2 N–H and O–H groups in total. The van der Waals surface area contributed by atoms with E-state index in [1.807, 2.05) is 91.8 Å². The first-order valence-corrected chi connectivity index (χ1v) is 46.4. The molecule has 0 atom stereocenters. The number of thiol groups is 1. The Morgan fingerprint density at radius 3 is 1.14 bits per heavy atom. The summed E-state index contributed by atoms with van der Waals surface area (Å²) >= 11 is 30.7. The first kappa shape index (κ1) is 92.9. The van der Waals surface area contributed by atoms with Crippen LogP contribution in [0.2, 0.25) is 0 Å². The SMILES string of the molecule is Brc1cc2c(c3ccccc13)Cc1ccccc1-2.Brc1ccc2[nH]c3ccccc3c2c1.Brc1ccc2c(c1)c1ccccc1n2-c1ccccc1.CC1(C)OB(B2OC(C)(C)C(C)(C)O2)OC1(C)C.CC1(C)OB(c2ccc3c(c2)c2ccccc2n3-c2ccccc2)OC1(C)C.ClC(Cl)Cl.Ic1ccccc1.[B]=NS.c1ccc2c(c1)[nH]c1ccccc12. The molecule has 14 aromatic carbocycles. The predicted molar refractivity (Wildman–Crippen MR) is 554 cm³/mol. The molecule has 4 aliphatic rings. The second kappa shape index (κ2) is 39.8. The van der Waals surface area contributed by atoms with Gasteiger partial charge in [0.15, 0.2) is 4.30 Å². The summed E-state index contributed by atoms with van der Waals surface area (Å²) in [7, 11) is 3.03. The Morgan fingerprint density at radius 2 is 0.688 bits per heavy atom. The van der Waals surface area contributed by atoms with Crippen molar-refractivity contribution in [3.05, 3.63) is 350 Å². The zero-order valence-electron chi connectivity index (χ0n) is 71.6. The fraction of sp³-hybridized carbons (Fsp3) is 0.196. The summed E-state index contributed by atoms with van der Waals surface area (Å²) in [6, 6.07) is 112. The van der Waals surface area contributed by atoms with Gasteiger partial charge in [0.25, 0.3) is 0 Å². The third-order valence-electron chi connectivity index (χ3n) is 24.0. The monoisotopic (exact) mass is 2030 g/mol. The number of rotatable bonds is 4. The smallest absolute Gasteiger partial charge is 0.0464 e. The van der Waals surface area contributed by atoms with E-state index < -0.39 is 18.3 Å². The molecule has 1 radical (unpaired) electrons. The topological polar surface area (TPSA) is 109 Å². The van der Waals surface area contributed by atoms with E-state index in [2.05, 4.69) is 427 Å². The van der Waals surface area contributed by atoms with Crippen LogP contribution in [0.3, 0.4) is 0 Å². The van der Waals surface area contributed by atoms with Crippen molar-refractivity contribution in [1.82, 2.24) is 19.1 Å². The fourth-order valence-corrected chi connectivity index (χ4v) is 17.5. The van der Waals surface area contributed by atoms with E-state index in [1.165, 1.54) is 134 Å². The Morgan fingerprint density at radius 1 is 0.360 bits per heavy atom. The number of fused-ring (bicyclic) bond motifs is 17. The molecule has 0 spiro atoms. The van der Waals surface area contributed by atoms with Crippen LogP contribution in [0.15, 0.2) is 339 Å². The molecule has 4 aromatic heterocycles. The first-order chi connectivity index (χ1) is 59.8. The average molecular weight is 2040 g/mol. The zero-order valence-corrected chi connectivity index (χ0v) is 81.7. The van der Waals surface area contributed by atoms with Gasteiger partial charge in [-0.15, -0.1) is 0 Å². The maximum absolute atomic E-state index is 6.27. The van der Waals surface area contributed by atoms with Gasteiger partial charge in [-0.2, -0.15) is 0 Å². The molecule has 23 heteroatoms. The molecule has 1 aliphatic carbocycles. The van der Waals surface area contributed by atoms with Gasteiger partial charge in [-0.25, -0.2) is 0 Å². The van der Waals surface area contributed by atoms with Gasteiger partial charge in [0.1, 0.15) is 0 Å². The molecule has 18 aromatic rings. The van der Waals surface area contributed by atoms with Crippen LogP contribution in [-0.2, 0) is 34.3 Å². The van der Waals surface area contributed by atoms with Crippen LogP contribution in [0, 0.1) is 3.57 Å². The van der Waals surface area contributed by atoms with Crippen molar-refractivity contribution in [2.24, 2.45) is 4.30 Å². The minimum Gasteiger partial charge on any atom is -0.355 e. The predicted octanol–water partition coefficient (Wildman–Crippen LogP) is 29.9. The number of hydrogen-bond donors (Lipinski definition) is 3. The fourth-order valence-electron chi connectivity index (χ4n) is 15.8. The molecule has 631 valence electrons. The van der Waals surface area contributed by atoms with Crippen molar-refractivity contribution in [3.63, 3.8) is 0 Å². The van der Waals surface area contributed by atoms with Crippen molar-refractivity contribution in [2.75, 3.05) is 0 Å². The van der Waals surface area contributed by atoms with E-state index >= 15 is 0 Å². The number of para-hydroxylation sites is 7. The summed E-state index contributed by atoms with van der Waals surface area (Å²) in [5, 5.41) is 12.9. The van der Waals surface area contributed by atoms with Gasteiger partial charge in [0.2, 0.25) is 0 Å². The van der Waals surface area contributed by atoms with Gasteiger partial charge in [0, 0.05) is 93.5 Å². The number of aromatic amines is 2. The largest absolute Gasteiger partial charge is 0.355 e. The summed E-state index contributed by atoms with van der Waals surface area (Å²) in [5.74, 6) is 0. The van der Waals surface area contributed by atoms with Crippen LogP contribution >= 0.6 is 118 Å². The number of halogens is 7. The van der Waals surface area contributed by atoms with Gasteiger partial charge in [-0.05, 0) is 266 Å². The van der Waals surface area contributed by atoms with E-state index in [0.29, 0.717) is 0 Å². The number of alkyl halides is 3. The van der Waals surface area contributed by atoms with Crippen LogP contribution in [0.25, 0.3) is 120 Å². The molecular weight excluding hydrogens is 1940 g/mol. The molecule has 0 unspecified atom stereocenters. The molecule has 22 rings (SSSR count). The van der Waals surface area contributed by atoms with E-state index in [1.54, 1.807) is 0 Å². The minimum absolute atomic E-state index is 0.343. The van der Waals surface area contributed by atoms with Crippen molar-refractivity contribution in [2.45, 2.75) is 127 Å². The molecule has 7 heterocycles. The van der Waals surface area contributed by atoms with Crippen LogP contribution in [-0.4, -0.2) is 85.8 Å². The Hall–Kier alpha value is -8.25. The van der Waals surface area contributed by atoms with Gasteiger partial charge in [-0.1, -0.05) is 289 Å². The number of H-pyrrole nitrogens is 2. The molecule has 11 nitrogen and oxygen atoms in total. The van der Waals surface area contributed by atoms with Crippen molar-refractivity contribution in [3.8, 4) is 22.5 Å². The molecule has 3 aliphatic heterocycles. The van der Waals surface area contributed by atoms with Gasteiger partial charge >= 0.3 is 45.9 Å². The maximum atomic E-state index is 6.27. The summed E-state index contributed by atoms with van der Waals surface area (Å²) in [4.78, 5) is 6.76. The number of benzene rings is 14. The minimum atomic E-state index is -0.750. The van der Waals surface area contributed by atoms with Crippen molar-refractivity contribution in [1.29, 1.82) is 0 Å². The molecule has 0 saturated carbocycles. The molecular formula is C102H95B4Br3Cl3IN5O6S. The molecule has 3 saturated heterocycles. The van der Waals surface area contributed by atoms with Gasteiger partial charge in [-0.3, -0.25) is 0 Å². The van der Waals surface area contributed by atoms with Crippen molar-refractivity contribution >= 4 is 250 Å². The van der Waals surface area contributed by atoms with Crippen molar-refractivity contribution < 1.29 is 27.9 Å². The first-order valence-electron chi connectivity index (χ1n) is 41.2. The van der Waals surface area contributed by atoms with E-state index in [-0.39, 0.29) is 40.7 Å². The summed E-state index contributed by atoms with van der Waals surface area (Å²) in [6.07, 6.45) is 1.05. The molecule has 125 heavy (non-hydrogen) atoms. The third-order valence-corrected chi connectivity index (χ3v) is 26.4. The zero-order chi connectivity index (χ0) is 88.8. The van der Waals surface area contributed by atoms with Gasteiger partial charge in [0.05, 0.1) is 55.7 Å². The Balaban J connectivity index is 0.000000120. The third kappa shape index (κ3) is 20.7. The second-order valence-corrected chi connectivity index (χ2v) is 39.8. The Kier molecular flexibility index (Phi) is 29.6. The van der Waals surface area contributed by atoms with Crippen LogP contribution in [0.4, 0.5) is 0 Å². The van der Waals surface area contributed by atoms with Crippen LogP contribution in [0.5, 0.6) is 0 Å². The second-order valence-electron chi connectivity index (χ2n) is 33.7. The van der Waals surface area contributed by atoms with Crippen LogP contribution in [0.1, 0.15) is 94.2 Å². The number of nitrogens with zero attached hydrogens (tertiary/aromatic N) is 3. The number of aromatic nitrogens is 4. The maximum Gasteiger partial charge on any atom is 0.0464 e. The standard InChI is InChI=1S/C24H24BNO2.C18H12BrN.C17H11Br.C12H24B2O4.C12H8BrN.C12H9N.C6H5I.CHCl3.BHNS/c1-23(2)24(3,4)28-25(27-23)17-14-15-22-20(16-17)19-12-8-9-13-21(19)26(22)18-10-6-5-7-11-18;19-13-10-11-18-16(12-13)15-8-4-5-9-17(15)20(18)14-6-2-1-3-7-14;18-17-10-16-12-6-2-1-5-11(12)9-15(16)13-7-3-4-8-14(13)17;1-9(2)10(3,4)16-13(15-9)14-17-11(5,6)12(7,8)18-14;13-8-5-6-12-10(7-8)9-3-1-2-4-11(9)14-12;1-3-7-11-9(5-1)10-6-2-4-8-12(10)13-11;7-6-4-2-1-3-5-6;2-1(3)4;1-2-3/h5-16H,1-4H3;1-12H;1-8,10H,9H2;1-8H3;1-7,14H;1-8,13H;1-5H;1H;3H. The quantitative estimate of drug-likeness (QED) is 0.0701. The van der Waals surface area contributed by atoms with Gasteiger partial charge < -0.3 is 47.0 Å². The summed E-state index contributed by atoms with van der Waals surface area (Å²) < 4.78 is 47.7. The Labute approximate surface area is 793 Å². The molecule has 3 fully saturated rings. The van der Waals surface area contributed by atoms with E-state index in [0.717, 1.165) is 26.5 Å². The van der Waals surface area contributed by atoms with E-state index in [4.69, 9.17) is 62.7 Å². The van der Waals surface area contributed by atoms with Crippen LogP contribution < -0.4 is 5.46 Å².